The maximum atomic E-state index is 8.63. The zero-order valence-electron chi connectivity index (χ0n) is 11.4. The zero-order chi connectivity index (χ0) is 13.3. The van der Waals surface area contributed by atoms with E-state index >= 15 is 0 Å². The maximum absolute atomic E-state index is 8.63. The normalized spacial score (nSPS) is 14.9. The van der Waals surface area contributed by atoms with Gasteiger partial charge in [0.25, 0.3) is 0 Å². The van der Waals surface area contributed by atoms with Gasteiger partial charge in [-0.2, -0.15) is 0 Å². The van der Waals surface area contributed by atoms with E-state index in [-0.39, 0.29) is 17.4 Å². The summed E-state index contributed by atoms with van der Waals surface area (Å²) in [6, 6.07) is 0. The van der Waals surface area contributed by atoms with Crippen LogP contribution in [0.15, 0.2) is 5.16 Å². The summed E-state index contributed by atoms with van der Waals surface area (Å²) in [7, 11) is 1.67. The van der Waals surface area contributed by atoms with Crippen molar-refractivity contribution >= 4 is 5.84 Å². The van der Waals surface area contributed by atoms with Gasteiger partial charge < -0.3 is 20.4 Å². The summed E-state index contributed by atoms with van der Waals surface area (Å²) >= 11 is 0. The minimum Gasteiger partial charge on any atom is -0.409 e. The number of methoxy groups -OCH3 is 1. The Morgan fingerprint density at radius 3 is 2.59 bits per heavy atom. The number of unbranched alkanes of at least 4 members (excludes halogenated alkanes) is 1. The van der Waals surface area contributed by atoms with Gasteiger partial charge in [-0.25, -0.2) is 0 Å². The molecule has 0 bridgehead atoms. The molecule has 102 valence electrons. The minimum absolute atomic E-state index is 0.136. The highest BCUT2D eigenvalue weighted by Crippen LogP contribution is 2.23. The SMILES string of the molecule is COCC(C)OCCCCC(C)(C)C(N)=NO. The molecule has 0 aliphatic rings. The Kier molecular flexibility index (Phi) is 7.91. The smallest absolute Gasteiger partial charge is 0.144 e. The van der Waals surface area contributed by atoms with E-state index < -0.39 is 0 Å². The van der Waals surface area contributed by atoms with Crippen LogP contribution in [-0.2, 0) is 9.47 Å². The van der Waals surface area contributed by atoms with Crippen molar-refractivity contribution < 1.29 is 14.7 Å². The Hall–Kier alpha value is -0.810. The Morgan fingerprint density at radius 2 is 2.06 bits per heavy atom. The Balaban J connectivity index is 3.64. The van der Waals surface area contributed by atoms with Crippen molar-refractivity contribution in [2.45, 2.75) is 46.1 Å². The summed E-state index contributed by atoms with van der Waals surface area (Å²) in [6.07, 6.45) is 2.97. The van der Waals surface area contributed by atoms with Gasteiger partial charge in [-0.3, -0.25) is 0 Å². The summed E-state index contributed by atoms with van der Waals surface area (Å²) in [5.41, 5.74) is 5.35. The third-order valence-electron chi connectivity index (χ3n) is 2.80. The predicted molar refractivity (Wildman–Crippen MR) is 68.3 cm³/mol. The molecule has 0 spiro atoms. The van der Waals surface area contributed by atoms with E-state index in [1.807, 2.05) is 20.8 Å². The van der Waals surface area contributed by atoms with Gasteiger partial charge in [0.1, 0.15) is 5.84 Å². The summed E-state index contributed by atoms with van der Waals surface area (Å²) in [5.74, 6) is 0.283. The molecule has 0 aromatic carbocycles. The van der Waals surface area contributed by atoms with Crippen molar-refractivity contribution in [1.29, 1.82) is 0 Å². The monoisotopic (exact) mass is 246 g/mol. The highest BCUT2D eigenvalue weighted by Gasteiger charge is 2.22. The standard InChI is InChI=1S/C12H26N2O3/c1-10(9-16-4)17-8-6-5-7-12(2,3)11(13)14-15/h10,15H,5-9H2,1-4H3,(H2,13,14). The number of oxime groups is 1. The Morgan fingerprint density at radius 1 is 1.41 bits per heavy atom. The zero-order valence-corrected chi connectivity index (χ0v) is 11.4. The van der Waals surface area contributed by atoms with Crippen LogP contribution < -0.4 is 5.73 Å². The van der Waals surface area contributed by atoms with Crippen LogP contribution in [0.1, 0.15) is 40.0 Å². The van der Waals surface area contributed by atoms with E-state index in [1.54, 1.807) is 7.11 Å². The molecule has 0 heterocycles. The fourth-order valence-corrected chi connectivity index (χ4v) is 1.50. The van der Waals surface area contributed by atoms with Gasteiger partial charge in [-0.05, 0) is 19.8 Å². The van der Waals surface area contributed by atoms with E-state index in [4.69, 9.17) is 20.4 Å². The summed E-state index contributed by atoms with van der Waals surface area (Å²) < 4.78 is 10.5. The molecular weight excluding hydrogens is 220 g/mol. The molecule has 0 aliphatic heterocycles. The Bertz CT molecular complexity index is 230. The third-order valence-corrected chi connectivity index (χ3v) is 2.80. The van der Waals surface area contributed by atoms with Crippen LogP contribution in [-0.4, -0.2) is 37.5 Å². The Labute approximate surface area is 104 Å². The first-order valence-electron chi connectivity index (χ1n) is 6.02. The number of nitrogens with two attached hydrogens (primary N) is 1. The lowest BCUT2D eigenvalue weighted by atomic mass is 9.86. The lowest BCUT2D eigenvalue weighted by Gasteiger charge is -2.22. The summed E-state index contributed by atoms with van der Waals surface area (Å²) in [5, 5.41) is 11.7. The van der Waals surface area contributed by atoms with Gasteiger partial charge in [0, 0.05) is 19.1 Å². The summed E-state index contributed by atoms with van der Waals surface area (Å²) in [6.45, 7) is 7.27. The third kappa shape index (κ3) is 7.18. The minimum atomic E-state index is -0.257. The van der Waals surface area contributed by atoms with Gasteiger partial charge in [-0.15, -0.1) is 0 Å². The van der Waals surface area contributed by atoms with Crippen molar-refractivity contribution in [3.63, 3.8) is 0 Å². The van der Waals surface area contributed by atoms with Crippen LogP contribution in [0.2, 0.25) is 0 Å². The molecule has 0 aromatic heterocycles. The number of amidine groups is 1. The molecule has 5 nitrogen and oxygen atoms in total. The molecule has 5 heteroatoms. The number of hydrogen-bond donors (Lipinski definition) is 2. The van der Waals surface area contributed by atoms with Crippen LogP contribution in [0.3, 0.4) is 0 Å². The van der Waals surface area contributed by atoms with E-state index in [0.717, 1.165) is 25.9 Å². The van der Waals surface area contributed by atoms with Crippen LogP contribution in [0.4, 0.5) is 0 Å². The van der Waals surface area contributed by atoms with E-state index in [9.17, 15) is 0 Å². The van der Waals surface area contributed by atoms with Crippen LogP contribution >= 0.6 is 0 Å². The summed E-state index contributed by atoms with van der Waals surface area (Å²) in [4.78, 5) is 0. The highest BCUT2D eigenvalue weighted by molar-refractivity contribution is 5.85. The van der Waals surface area contributed by atoms with Crippen molar-refractivity contribution in [2.75, 3.05) is 20.3 Å². The largest absolute Gasteiger partial charge is 0.409 e. The van der Waals surface area contributed by atoms with Crippen molar-refractivity contribution in [3.05, 3.63) is 0 Å². The predicted octanol–water partition coefficient (Wildman–Crippen LogP) is 1.98. The number of ether oxygens (including phenoxy) is 2. The van der Waals surface area contributed by atoms with Gasteiger partial charge in [-0.1, -0.05) is 25.4 Å². The first-order valence-corrected chi connectivity index (χ1v) is 6.02. The topological polar surface area (TPSA) is 77.1 Å². The van der Waals surface area contributed by atoms with E-state index in [1.165, 1.54) is 0 Å². The van der Waals surface area contributed by atoms with Crippen LogP contribution in [0, 0.1) is 5.41 Å². The molecule has 1 atom stereocenters. The fraction of sp³-hybridized carbons (Fsp3) is 0.917. The maximum Gasteiger partial charge on any atom is 0.144 e. The van der Waals surface area contributed by atoms with Gasteiger partial charge >= 0.3 is 0 Å². The second-order valence-electron chi connectivity index (χ2n) is 4.96. The van der Waals surface area contributed by atoms with Crippen LogP contribution in [0.25, 0.3) is 0 Å². The molecular formula is C12H26N2O3. The lowest BCUT2D eigenvalue weighted by Crippen LogP contribution is -2.31. The quantitative estimate of drug-likeness (QED) is 0.214. The molecule has 0 aliphatic carbocycles. The van der Waals surface area contributed by atoms with Gasteiger partial charge in [0.05, 0.1) is 12.7 Å². The lowest BCUT2D eigenvalue weighted by molar-refractivity contribution is 0.00730. The van der Waals surface area contributed by atoms with Gasteiger partial charge in [0.15, 0.2) is 0 Å². The van der Waals surface area contributed by atoms with Gasteiger partial charge in [0.2, 0.25) is 0 Å². The first-order chi connectivity index (χ1) is 7.94. The van der Waals surface area contributed by atoms with Crippen molar-refractivity contribution in [1.82, 2.24) is 0 Å². The number of rotatable bonds is 9. The highest BCUT2D eigenvalue weighted by atomic mass is 16.5. The number of hydrogen-bond acceptors (Lipinski definition) is 4. The molecule has 0 saturated heterocycles. The first kappa shape index (κ1) is 16.2. The number of nitrogens with zero attached hydrogens (tertiary/aromatic N) is 1. The average Bonchev–Trinajstić information content (AvgIpc) is 2.27. The molecule has 3 N–H and O–H groups in total. The molecule has 0 radical (unpaired) electrons. The molecule has 0 saturated carbocycles. The molecule has 0 fully saturated rings. The second-order valence-corrected chi connectivity index (χ2v) is 4.96. The molecule has 0 aromatic rings. The molecule has 0 amide bonds. The fourth-order valence-electron chi connectivity index (χ4n) is 1.50. The van der Waals surface area contributed by atoms with E-state index in [0.29, 0.717) is 6.61 Å². The van der Waals surface area contributed by atoms with Crippen molar-refractivity contribution in [3.8, 4) is 0 Å². The average molecular weight is 246 g/mol. The second kappa shape index (κ2) is 8.31. The van der Waals surface area contributed by atoms with Crippen LogP contribution in [0.5, 0.6) is 0 Å². The molecule has 0 rings (SSSR count). The molecule has 1 unspecified atom stereocenters. The van der Waals surface area contributed by atoms with E-state index in [2.05, 4.69) is 5.16 Å². The van der Waals surface area contributed by atoms with Crippen molar-refractivity contribution in [2.24, 2.45) is 16.3 Å². The molecule has 17 heavy (non-hydrogen) atoms.